The second kappa shape index (κ2) is 11.0. The minimum Gasteiger partial charge on any atom is -0.497 e. The Morgan fingerprint density at radius 3 is 1.50 bits per heavy atom. The van der Waals surface area contributed by atoms with Crippen molar-refractivity contribution >= 4 is 15.9 Å². The van der Waals surface area contributed by atoms with Crippen molar-refractivity contribution in [1.29, 1.82) is 0 Å². The van der Waals surface area contributed by atoms with Gasteiger partial charge in [-0.1, -0.05) is 24.3 Å². The number of sulfonamides is 1. The van der Waals surface area contributed by atoms with Crippen LogP contribution in [0.25, 0.3) is 0 Å². The van der Waals surface area contributed by atoms with Crippen molar-refractivity contribution in [3.63, 3.8) is 0 Å². The van der Waals surface area contributed by atoms with Crippen LogP contribution in [0.4, 0.5) is 17.6 Å². The molecule has 0 aliphatic carbocycles. The average molecular weight is 527 g/mol. The van der Waals surface area contributed by atoms with Crippen molar-refractivity contribution in [2.24, 2.45) is 0 Å². The first-order valence-corrected chi connectivity index (χ1v) is 11.8. The van der Waals surface area contributed by atoms with Crippen LogP contribution >= 0.6 is 0 Å². The fourth-order valence-electron chi connectivity index (χ4n) is 3.39. The Labute approximate surface area is 205 Å². The Kier molecular flexibility index (Phi) is 8.21. The van der Waals surface area contributed by atoms with E-state index in [0.717, 1.165) is 7.05 Å². The Hall–Kier alpha value is -3.64. The lowest BCUT2D eigenvalue weighted by Crippen LogP contribution is -2.33. The third-order valence-corrected chi connectivity index (χ3v) is 7.12. The molecule has 0 spiro atoms. The van der Waals surface area contributed by atoms with Gasteiger partial charge in [0.2, 0.25) is 10.0 Å². The van der Waals surface area contributed by atoms with Gasteiger partial charge in [0.1, 0.15) is 17.1 Å². The molecule has 7 nitrogen and oxygen atoms in total. The van der Waals surface area contributed by atoms with Gasteiger partial charge >= 0.3 is 0 Å². The number of rotatable bonds is 9. The van der Waals surface area contributed by atoms with Crippen molar-refractivity contribution < 1.29 is 40.2 Å². The molecule has 1 N–H and O–H groups in total. The van der Waals surface area contributed by atoms with Crippen LogP contribution in [0.15, 0.2) is 53.4 Å². The number of halogens is 4. The minimum atomic E-state index is -5.18. The van der Waals surface area contributed by atoms with Gasteiger partial charge in [-0.15, -0.1) is 0 Å². The summed E-state index contributed by atoms with van der Waals surface area (Å²) in [6, 6.07) is 12.3. The van der Waals surface area contributed by atoms with E-state index in [0.29, 0.717) is 26.9 Å². The molecule has 0 atom stereocenters. The molecule has 12 heteroatoms. The highest BCUT2D eigenvalue weighted by Gasteiger charge is 2.38. The van der Waals surface area contributed by atoms with Crippen LogP contribution in [0.5, 0.6) is 11.5 Å². The van der Waals surface area contributed by atoms with Crippen molar-refractivity contribution in [3.05, 3.63) is 88.5 Å². The maximum atomic E-state index is 14.9. The molecule has 3 aromatic carbocycles. The van der Waals surface area contributed by atoms with Gasteiger partial charge in [0, 0.05) is 20.1 Å². The molecule has 0 bridgehead atoms. The number of methoxy groups -OCH3 is 2. The first-order chi connectivity index (χ1) is 17.0. The number of hydrogen-bond donors (Lipinski definition) is 1. The van der Waals surface area contributed by atoms with Gasteiger partial charge in [0.15, 0.2) is 28.2 Å². The number of nitrogens with zero attached hydrogens (tertiary/aromatic N) is 1. The van der Waals surface area contributed by atoms with E-state index < -0.39 is 62.7 Å². The standard InChI is InChI=1S/C24H22F4N2O5S/c1-29-24(31)18-19(25)21(27)23(22(28)20(18)26)36(32,33)30(12-14-4-8-16(34-2)9-5-14)13-15-6-10-17(35-3)11-7-15/h4-11H,12-13H2,1-3H3,(H,29,31). The van der Waals surface area contributed by atoms with E-state index in [9.17, 15) is 30.8 Å². The molecule has 0 saturated heterocycles. The third-order valence-electron chi connectivity index (χ3n) is 5.31. The number of hydrogen-bond acceptors (Lipinski definition) is 5. The summed E-state index contributed by atoms with van der Waals surface area (Å²) in [6.45, 7) is -0.810. The topological polar surface area (TPSA) is 84.9 Å². The molecule has 0 aliphatic heterocycles. The number of carbonyl (C=O) groups excluding carboxylic acids is 1. The second-order valence-corrected chi connectivity index (χ2v) is 9.38. The molecular formula is C24H22F4N2O5S. The third kappa shape index (κ3) is 5.29. The monoisotopic (exact) mass is 526 g/mol. The van der Waals surface area contributed by atoms with Crippen LogP contribution in [0.2, 0.25) is 0 Å². The van der Waals surface area contributed by atoms with Crippen LogP contribution < -0.4 is 14.8 Å². The molecule has 0 unspecified atom stereocenters. The summed E-state index contributed by atoms with van der Waals surface area (Å²) in [5, 5.41) is 1.85. The molecule has 0 heterocycles. The van der Waals surface area contributed by atoms with Crippen molar-refractivity contribution in [2.75, 3.05) is 21.3 Å². The zero-order chi connectivity index (χ0) is 26.6. The van der Waals surface area contributed by atoms with E-state index in [2.05, 4.69) is 0 Å². The molecule has 36 heavy (non-hydrogen) atoms. The largest absolute Gasteiger partial charge is 0.497 e. The van der Waals surface area contributed by atoms with E-state index in [1.807, 2.05) is 5.32 Å². The Bertz CT molecular complexity index is 1290. The van der Waals surface area contributed by atoms with Crippen LogP contribution in [0.1, 0.15) is 21.5 Å². The van der Waals surface area contributed by atoms with Gasteiger partial charge in [0.05, 0.1) is 14.2 Å². The zero-order valence-electron chi connectivity index (χ0n) is 19.4. The molecule has 192 valence electrons. The van der Waals surface area contributed by atoms with E-state index in [-0.39, 0.29) is 0 Å². The summed E-state index contributed by atoms with van der Waals surface area (Å²) >= 11 is 0. The maximum absolute atomic E-state index is 14.9. The summed E-state index contributed by atoms with van der Waals surface area (Å²) in [5.74, 6) is -9.16. The highest BCUT2D eigenvalue weighted by Crippen LogP contribution is 2.31. The molecular weight excluding hydrogens is 504 g/mol. The number of benzene rings is 3. The lowest BCUT2D eigenvalue weighted by atomic mass is 10.1. The Morgan fingerprint density at radius 2 is 1.17 bits per heavy atom. The van der Waals surface area contributed by atoms with Crippen molar-refractivity contribution in [2.45, 2.75) is 18.0 Å². The van der Waals surface area contributed by atoms with Gasteiger partial charge in [-0.2, -0.15) is 4.31 Å². The molecule has 3 rings (SSSR count). The molecule has 1 amide bonds. The Balaban J connectivity index is 2.14. The molecule has 0 aliphatic rings. The zero-order valence-corrected chi connectivity index (χ0v) is 20.3. The SMILES string of the molecule is CNC(=O)c1c(F)c(F)c(S(=O)(=O)N(Cc2ccc(OC)cc2)Cc2ccc(OC)cc2)c(F)c1F. The smallest absolute Gasteiger partial charge is 0.257 e. The minimum absolute atomic E-state index is 0.400. The number of nitrogens with one attached hydrogen (secondary N) is 1. The highest BCUT2D eigenvalue weighted by molar-refractivity contribution is 7.89. The lowest BCUT2D eigenvalue weighted by molar-refractivity contribution is 0.0951. The predicted molar refractivity (Wildman–Crippen MR) is 122 cm³/mol. The number of ether oxygens (including phenoxy) is 2. The van der Waals surface area contributed by atoms with Crippen LogP contribution in [-0.2, 0) is 23.1 Å². The van der Waals surface area contributed by atoms with E-state index in [4.69, 9.17) is 9.47 Å². The fourth-order valence-corrected chi connectivity index (χ4v) is 4.91. The van der Waals surface area contributed by atoms with Gasteiger partial charge in [-0.05, 0) is 35.4 Å². The Morgan fingerprint density at radius 1 is 0.778 bits per heavy atom. The molecule has 0 radical (unpaired) electrons. The fraction of sp³-hybridized carbons (Fsp3) is 0.208. The average Bonchev–Trinajstić information content (AvgIpc) is 2.88. The summed E-state index contributed by atoms with van der Waals surface area (Å²) in [4.78, 5) is 9.90. The van der Waals surface area contributed by atoms with Gasteiger partial charge in [-0.3, -0.25) is 4.79 Å². The van der Waals surface area contributed by atoms with E-state index in [1.165, 1.54) is 38.5 Å². The van der Waals surface area contributed by atoms with E-state index >= 15 is 0 Å². The van der Waals surface area contributed by atoms with Crippen LogP contribution in [0.3, 0.4) is 0 Å². The second-order valence-electron chi connectivity index (χ2n) is 7.51. The van der Waals surface area contributed by atoms with Crippen molar-refractivity contribution in [1.82, 2.24) is 9.62 Å². The lowest BCUT2D eigenvalue weighted by Gasteiger charge is -2.24. The van der Waals surface area contributed by atoms with Crippen LogP contribution in [0, 0.1) is 23.3 Å². The quantitative estimate of drug-likeness (QED) is 0.337. The van der Waals surface area contributed by atoms with Crippen LogP contribution in [-0.4, -0.2) is 39.9 Å². The summed E-state index contributed by atoms with van der Waals surface area (Å²) in [5.41, 5.74) is -0.767. The molecule has 0 fully saturated rings. The normalized spacial score (nSPS) is 11.4. The summed E-state index contributed by atoms with van der Waals surface area (Å²) in [6.07, 6.45) is 0. The van der Waals surface area contributed by atoms with Gasteiger partial charge in [-0.25, -0.2) is 26.0 Å². The summed E-state index contributed by atoms with van der Waals surface area (Å²) in [7, 11) is -1.31. The van der Waals surface area contributed by atoms with Gasteiger partial charge in [0.25, 0.3) is 5.91 Å². The number of carbonyl (C=O) groups is 1. The highest BCUT2D eigenvalue weighted by atomic mass is 32.2. The molecule has 3 aromatic rings. The van der Waals surface area contributed by atoms with E-state index in [1.54, 1.807) is 24.3 Å². The molecule has 0 saturated carbocycles. The van der Waals surface area contributed by atoms with Crippen molar-refractivity contribution in [3.8, 4) is 11.5 Å². The van der Waals surface area contributed by atoms with Gasteiger partial charge < -0.3 is 14.8 Å². The predicted octanol–water partition coefficient (Wildman–Crippen LogP) is 4.01. The first-order valence-electron chi connectivity index (χ1n) is 10.4. The summed E-state index contributed by atoms with van der Waals surface area (Å²) < 4.78 is 96.8. The maximum Gasteiger partial charge on any atom is 0.257 e. The number of amides is 1. The first kappa shape index (κ1) is 27.0. The molecule has 0 aromatic heterocycles.